The highest BCUT2D eigenvalue weighted by Crippen LogP contribution is 2.03. The first kappa shape index (κ1) is 10.2. The second-order valence-electron chi connectivity index (χ2n) is 3.16. The van der Waals surface area contributed by atoms with Gasteiger partial charge in [0.25, 0.3) is 0 Å². The third kappa shape index (κ3) is 3.14. The third-order valence-corrected chi connectivity index (χ3v) is 2.05. The lowest BCUT2D eigenvalue weighted by molar-refractivity contribution is 0.152. The van der Waals surface area contributed by atoms with Crippen molar-refractivity contribution in [3.8, 4) is 0 Å². The van der Waals surface area contributed by atoms with Crippen molar-refractivity contribution in [2.75, 3.05) is 6.54 Å². The highest BCUT2D eigenvalue weighted by Gasteiger charge is 2.12. The van der Waals surface area contributed by atoms with Crippen LogP contribution in [-0.2, 0) is 6.42 Å². The Bertz CT molecular complexity index is 238. The Labute approximate surface area is 78.4 Å². The molecule has 0 bridgehead atoms. The van der Waals surface area contributed by atoms with Crippen molar-refractivity contribution in [3.05, 3.63) is 35.9 Å². The van der Waals surface area contributed by atoms with Gasteiger partial charge in [-0.1, -0.05) is 30.3 Å². The minimum Gasteiger partial charge on any atom is -0.390 e. The molecule has 0 saturated heterocycles. The standard InChI is InChI=1S/C10H16N2O/c11-7-10(13)9(12)6-8-4-2-1-3-5-8/h1-5,9-10,13H,6-7,11-12H2/t9?,10-/m0/s1. The van der Waals surface area contributed by atoms with Crippen LogP contribution in [0.3, 0.4) is 0 Å². The Balaban J connectivity index is 2.50. The lowest BCUT2D eigenvalue weighted by atomic mass is 10.0. The van der Waals surface area contributed by atoms with E-state index in [4.69, 9.17) is 11.5 Å². The van der Waals surface area contributed by atoms with Crippen LogP contribution in [0.25, 0.3) is 0 Å². The van der Waals surface area contributed by atoms with E-state index in [-0.39, 0.29) is 12.6 Å². The number of hydrogen-bond donors (Lipinski definition) is 3. The molecular formula is C10H16N2O. The number of aliphatic hydroxyl groups excluding tert-OH is 1. The van der Waals surface area contributed by atoms with E-state index in [1.165, 1.54) is 0 Å². The monoisotopic (exact) mass is 180 g/mol. The summed E-state index contributed by atoms with van der Waals surface area (Å²) in [7, 11) is 0. The molecule has 0 aromatic heterocycles. The quantitative estimate of drug-likeness (QED) is 0.604. The van der Waals surface area contributed by atoms with E-state index in [1.807, 2.05) is 30.3 Å². The van der Waals surface area contributed by atoms with Gasteiger partial charge in [0.2, 0.25) is 0 Å². The van der Waals surface area contributed by atoms with Gasteiger partial charge in [-0.25, -0.2) is 0 Å². The smallest absolute Gasteiger partial charge is 0.0816 e. The van der Waals surface area contributed by atoms with Crippen molar-refractivity contribution in [1.29, 1.82) is 0 Å². The van der Waals surface area contributed by atoms with E-state index >= 15 is 0 Å². The average molecular weight is 180 g/mol. The Morgan fingerprint density at radius 3 is 2.38 bits per heavy atom. The molecule has 1 aromatic rings. The second-order valence-corrected chi connectivity index (χ2v) is 3.16. The van der Waals surface area contributed by atoms with Gasteiger partial charge < -0.3 is 16.6 Å². The molecule has 0 amide bonds. The number of aliphatic hydroxyl groups is 1. The van der Waals surface area contributed by atoms with Crippen molar-refractivity contribution in [3.63, 3.8) is 0 Å². The Kier molecular flexibility index (Phi) is 3.89. The minimum absolute atomic E-state index is 0.216. The van der Waals surface area contributed by atoms with Crippen molar-refractivity contribution >= 4 is 0 Å². The topological polar surface area (TPSA) is 72.3 Å². The van der Waals surface area contributed by atoms with Crippen molar-refractivity contribution in [1.82, 2.24) is 0 Å². The van der Waals surface area contributed by atoms with Gasteiger partial charge in [-0.3, -0.25) is 0 Å². The first-order valence-corrected chi connectivity index (χ1v) is 4.41. The third-order valence-electron chi connectivity index (χ3n) is 2.05. The number of rotatable bonds is 4. The highest BCUT2D eigenvalue weighted by molar-refractivity contribution is 5.16. The molecule has 1 aromatic carbocycles. The molecule has 0 heterocycles. The maximum Gasteiger partial charge on any atom is 0.0816 e. The molecule has 3 heteroatoms. The largest absolute Gasteiger partial charge is 0.390 e. The number of benzene rings is 1. The molecule has 0 fully saturated rings. The van der Waals surface area contributed by atoms with Gasteiger partial charge in [-0.15, -0.1) is 0 Å². The summed E-state index contributed by atoms with van der Waals surface area (Å²) in [6.45, 7) is 0.216. The summed E-state index contributed by atoms with van der Waals surface area (Å²) < 4.78 is 0. The van der Waals surface area contributed by atoms with Crippen LogP contribution in [0, 0.1) is 0 Å². The van der Waals surface area contributed by atoms with Crippen LogP contribution in [0.15, 0.2) is 30.3 Å². The zero-order chi connectivity index (χ0) is 9.68. The summed E-state index contributed by atoms with van der Waals surface area (Å²) in [6, 6.07) is 9.57. The van der Waals surface area contributed by atoms with Gasteiger partial charge in [0.05, 0.1) is 6.10 Å². The lowest BCUT2D eigenvalue weighted by Crippen LogP contribution is -2.41. The fourth-order valence-corrected chi connectivity index (χ4v) is 1.20. The minimum atomic E-state index is -0.611. The number of hydrogen-bond acceptors (Lipinski definition) is 3. The molecule has 2 atom stereocenters. The molecule has 0 radical (unpaired) electrons. The molecule has 3 nitrogen and oxygen atoms in total. The van der Waals surface area contributed by atoms with Gasteiger partial charge in [0, 0.05) is 12.6 Å². The molecular weight excluding hydrogens is 164 g/mol. The summed E-state index contributed by atoms with van der Waals surface area (Å²) in [6.07, 6.45) is 0.0550. The second kappa shape index (κ2) is 4.97. The van der Waals surface area contributed by atoms with Gasteiger partial charge >= 0.3 is 0 Å². The fourth-order valence-electron chi connectivity index (χ4n) is 1.20. The van der Waals surface area contributed by atoms with Crippen LogP contribution in [0.5, 0.6) is 0 Å². The summed E-state index contributed by atoms with van der Waals surface area (Å²) in [5, 5.41) is 9.34. The van der Waals surface area contributed by atoms with Gasteiger partial charge in [-0.2, -0.15) is 0 Å². The number of nitrogens with two attached hydrogens (primary N) is 2. The van der Waals surface area contributed by atoms with Gasteiger partial charge in [0.1, 0.15) is 0 Å². The predicted octanol–water partition coefficient (Wildman–Crippen LogP) is -0.124. The van der Waals surface area contributed by atoms with E-state index in [2.05, 4.69) is 0 Å². The molecule has 13 heavy (non-hydrogen) atoms. The molecule has 5 N–H and O–H groups in total. The normalized spacial score (nSPS) is 15.3. The molecule has 0 saturated carbocycles. The van der Waals surface area contributed by atoms with Crippen LogP contribution in [-0.4, -0.2) is 23.8 Å². The molecule has 72 valence electrons. The fraction of sp³-hybridized carbons (Fsp3) is 0.400. The van der Waals surface area contributed by atoms with Crippen LogP contribution >= 0.6 is 0 Å². The maximum absolute atomic E-state index is 9.34. The summed E-state index contributed by atoms with van der Waals surface area (Å²) in [5.74, 6) is 0. The van der Waals surface area contributed by atoms with E-state index in [9.17, 15) is 5.11 Å². The predicted molar refractivity (Wildman–Crippen MR) is 53.2 cm³/mol. The van der Waals surface area contributed by atoms with Crippen LogP contribution < -0.4 is 11.5 Å². The maximum atomic E-state index is 9.34. The summed E-state index contributed by atoms with van der Waals surface area (Å²) in [4.78, 5) is 0. The van der Waals surface area contributed by atoms with Crippen molar-refractivity contribution in [2.24, 2.45) is 11.5 Å². The molecule has 1 unspecified atom stereocenters. The van der Waals surface area contributed by atoms with E-state index in [0.29, 0.717) is 6.42 Å². The lowest BCUT2D eigenvalue weighted by Gasteiger charge is -2.16. The zero-order valence-corrected chi connectivity index (χ0v) is 7.56. The van der Waals surface area contributed by atoms with E-state index in [0.717, 1.165) is 5.56 Å². The van der Waals surface area contributed by atoms with Crippen LogP contribution in [0.4, 0.5) is 0 Å². The van der Waals surface area contributed by atoms with Gasteiger partial charge in [0.15, 0.2) is 0 Å². The molecule has 0 aliphatic rings. The Morgan fingerprint density at radius 1 is 1.23 bits per heavy atom. The van der Waals surface area contributed by atoms with Crippen LogP contribution in [0.2, 0.25) is 0 Å². The highest BCUT2D eigenvalue weighted by atomic mass is 16.3. The SMILES string of the molecule is NC[C@H](O)C(N)Cc1ccccc1. The Morgan fingerprint density at radius 2 is 1.85 bits per heavy atom. The zero-order valence-electron chi connectivity index (χ0n) is 7.56. The van der Waals surface area contributed by atoms with Gasteiger partial charge in [-0.05, 0) is 12.0 Å². The summed E-state index contributed by atoms with van der Waals surface area (Å²) in [5.41, 5.74) is 12.2. The molecule has 0 aliphatic carbocycles. The molecule has 0 spiro atoms. The van der Waals surface area contributed by atoms with E-state index < -0.39 is 6.10 Å². The molecule has 1 rings (SSSR count). The van der Waals surface area contributed by atoms with Crippen LogP contribution in [0.1, 0.15) is 5.56 Å². The molecule has 0 aliphatic heterocycles. The van der Waals surface area contributed by atoms with E-state index in [1.54, 1.807) is 0 Å². The first-order chi connectivity index (χ1) is 6.24. The first-order valence-electron chi connectivity index (χ1n) is 4.41. The Hall–Kier alpha value is -0.900. The average Bonchev–Trinajstić information content (AvgIpc) is 2.18. The summed E-state index contributed by atoms with van der Waals surface area (Å²) >= 11 is 0. The van der Waals surface area contributed by atoms with Crippen molar-refractivity contribution < 1.29 is 5.11 Å². The van der Waals surface area contributed by atoms with Crippen molar-refractivity contribution in [2.45, 2.75) is 18.6 Å².